The highest BCUT2D eigenvalue weighted by molar-refractivity contribution is 6.04. The van der Waals surface area contributed by atoms with Gasteiger partial charge < -0.3 is 25.3 Å². The summed E-state index contributed by atoms with van der Waals surface area (Å²) in [5.74, 6) is 0.480. The van der Waals surface area contributed by atoms with Gasteiger partial charge in [0.2, 0.25) is 5.75 Å². The fourth-order valence-corrected chi connectivity index (χ4v) is 2.79. The fourth-order valence-electron chi connectivity index (χ4n) is 2.79. The molecular formula is C18H24N4O6. The molecule has 152 valence electrons. The average Bonchev–Trinajstić information content (AvgIpc) is 2.69. The molecule has 1 atom stereocenters. The van der Waals surface area contributed by atoms with Gasteiger partial charge >= 0.3 is 5.69 Å². The Balaban J connectivity index is 2.44. The van der Waals surface area contributed by atoms with Gasteiger partial charge in [-0.3, -0.25) is 18.7 Å². The summed E-state index contributed by atoms with van der Waals surface area (Å²) in [4.78, 5) is 37.2. The molecule has 1 aromatic carbocycles. The second-order valence-corrected chi connectivity index (χ2v) is 6.11. The maximum absolute atomic E-state index is 12.9. The van der Waals surface area contributed by atoms with Gasteiger partial charge in [-0.25, -0.2) is 4.79 Å². The smallest absolute Gasteiger partial charge is 0.332 e. The van der Waals surface area contributed by atoms with E-state index in [0.29, 0.717) is 22.9 Å². The van der Waals surface area contributed by atoms with Crippen LogP contribution < -0.4 is 36.5 Å². The van der Waals surface area contributed by atoms with Crippen molar-refractivity contribution in [1.29, 1.82) is 0 Å². The van der Waals surface area contributed by atoms with Crippen molar-refractivity contribution in [2.75, 3.05) is 32.4 Å². The third-order valence-electron chi connectivity index (χ3n) is 4.40. The Morgan fingerprint density at radius 3 is 2.04 bits per heavy atom. The zero-order valence-electron chi connectivity index (χ0n) is 16.7. The van der Waals surface area contributed by atoms with Crippen molar-refractivity contribution in [1.82, 2.24) is 9.13 Å². The van der Waals surface area contributed by atoms with Crippen LogP contribution in [0, 0.1) is 0 Å². The second kappa shape index (κ2) is 8.07. The molecule has 0 bridgehead atoms. The van der Waals surface area contributed by atoms with Crippen molar-refractivity contribution in [3.8, 4) is 17.2 Å². The molecule has 0 saturated carbocycles. The lowest BCUT2D eigenvalue weighted by atomic mass is 10.1. The summed E-state index contributed by atoms with van der Waals surface area (Å²) in [6.07, 6.45) is 0. The number of nitrogens with two attached hydrogens (primary N) is 1. The molecule has 10 nitrogen and oxygen atoms in total. The number of Topliss-reactive ketones (excluding diaryl/α,β-unsaturated/α-hetero) is 1. The van der Waals surface area contributed by atoms with E-state index in [1.807, 2.05) is 0 Å². The molecule has 0 radical (unpaired) electrons. The summed E-state index contributed by atoms with van der Waals surface area (Å²) in [6, 6.07) is 2.44. The molecule has 0 aliphatic rings. The predicted octanol–water partition coefficient (Wildman–Crippen LogP) is 0.375. The molecule has 1 aromatic heterocycles. The number of aromatic nitrogens is 2. The van der Waals surface area contributed by atoms with Crippen LogP contribution in [0.3, 0.4) is 0 Å². The Bertz CT molecular complexity index is 999. The summed E-state index contributed by atoms with van der Waals surface area (Å²) in [7, 11) is 7.12. The van der Waals surface area contributed by atoms with E-state index in [2.05, 4.69) is 5.32 Å². The average molecular weight is 392 g/mol. The van der Waals surface area contributed by atoms with Crippen molar-refractivity contribution >= 4 is 17.3 Å². The van der Waals surface area contributed by atoms with E-state index in [9.17, 15) is 14.4 Å². The first-order valence-corrected chi connectivity index (χ1v) is 8.34. The quantitative estimate of drug-likeness (QED) is 0.648. The Labute approximate surface area is 161 Å². The van der Waals surface area contributed by atoms with Crippen LogP contribution in [-0.4, -0.2) is 42.3 Å². The first kappa shape index (κ1) is 20.9. The van der Waals surface area contributed by atoms with Crippen LogP contribution in [0.15, 0.2) is 21.7 Å². The van der Waals surface area contributed by atoms with Crippen LogP contribution in [0.25, 0.3) is 0 Å². The SMILES string of the molecule is COc1cc(NC(C)C(=O)c2c(N)n(C)c(=O)n(C)c2=O)cc(OC)c1OC. The lowest BCUT2D eigenvalue weighted by molar-refractivity contribution is 0.0973. The third kappa shape index (κ3) is 3.53. The predicted molar refractivity (Wildman–Crippen MR) is 105 cm³/mol. The van der Waals surface area contributed by atoms with Crippen molar-refractivity contribution in [3.63, 3.8) is 0 Å². The third-order valence-corrected chi connectivity index (χ3v) is 4.40. The Morgan fingerprint density at radius 2 is 1.57 bits per heavy atom. The lowest BCUT2D eigenvalue weighted by Gasteiger charge is -2.19. The van der Waals surface area contributed by atoms with Crippen LogP contribution in [0.2, 0.25) is 0 Å². The van der Waals surface area contributed by atoms with Gasteiger partial charge in [0.25, 0.3) is 5.56 Å². The molecule has 10 heteroatoms. The van der Waals surface area contributed by atoms with E-state index in [1.165, 1.54) is 35.4 Å². The number of nitrogens with zero attached hydrogens (tertiary/aromatic N) is 2. The van der Waals surface area contributed by atoms with E-state index >= 15 is 0 Å². The molecule has 3 N–H and O–H groups in total. The fraction of sp³-hybridized carbons (Fsp3) is 0.389. The number of ether oxygens (including phenoxy) is 3. The van der Waals surface area contributed by atoms with Crippen LogP contribution in [-0.2, 0) is 14.1 Å². The zero-order chi connectivity index (χ0) is 21.2. The molecule has 28 heavy (non-hydrogen) atoms. The van der Waals surface area contributed by atoms with Gasteiger partial charge in [-0.15, -0.1) is 0 Å². The molecular weight excluding hydrogens is 368 g/mol. The first-order valence-electron chi connectivity index (χ1n) is 8.34. The molecule has 2 aromatic rings. The minimum atomic E-state index is -0.824. The Morgan fingerprint density at radius 1 is 1.04 bits per heavy atom. The highest BCUT2D eigenvalue weighted by Crippen LogP contribution is 2.40. The lowest BCUT2D eigenvalue weighted by Crippen LogP contribution is -2.43. The molecule has 0 fully saturated rings. The minimum absolute atomic E-state index is 0.184. The summed E-state index contributed by atoms with van der Waals surface area (Å²) < 4.78 is 17.7. The van der Waals surface area contributed by atoms with Crippen LogP contribution >= 0.6 is 0 Å². The number of carbonyl (C=O) groups excluding carboxylic acids is 1. The van der Waals surface area contributed by atoms with Crippen LogP contribution in [0.4, 0.5) is 11.5 Å². The number of methoxy groups -OCH3 is 3. The number of hydrogen-bond donors (Lipinski definition) is 2. The molecule has 2 rings (SSSR count). The summed E-state index contributed by atoms with van der Waals surface area (Å²) in [6.45, 7) is 1.58. The molecule has 1 heterocycles. The van der Waals surface area contributed by atoms with Crippen molar-refractivity contribution < 1.29 is 19.0 Å². The van der Waals surface area contributed by atoms with Crippen molar-refractivity contribution in [2.24, 2.45) is 14.1 Å². The normalized spacial score (nSPS) is 11.6. The molecule has 0 amide bonds. The molecule has 1 unspecified atom stereocenters. The zero-order valence-corrected chi connectivity index (χ0v) is 16.7. The largest absolute Gasteiger partial charge is 0.493 e. The summed E-state index contributed by atoms with van der Waals surface area (Å²) in [5, 5.41) is 2.99. The second-order valence-electron chi connectivity index (χ2n) is 6.11. The first-order chi connectivity index (χ1) is 13.2. The molecule has 0 aliphatic carbocycles. The van der Waals surface area contributed by atoms with Gasteiger partial charge in [-0.1, -0.05) is 0 Å². The standard InChI is InChI=1S/C18H24N4O6/c1-9(14(23)13-16(19)21(2)18(25)22(3)17(13)24)20-10-7-11(26-4)15(28-6)12(8-10)27-5/h7-9,20H,19H2,1-6H3. The van der Waals surface area contributed by atoms with Crippen LogP contribution in [0.1, 0.15) is 17.3 Å². The van der Waals surface area contributed by atoms with E-state index in [4.69, 9.17) is 19.9 Å². The monoisotopic (exact) mass is 392 g/mol. The number of hydrogen-bond acceptors (Lipinski definition) is 8. The van der Waals surface area contributed by atoms with Crippen LogP contribution in [0.5, 0.6) is 17.2 Å². The Hall–Kier alpha value is -3.43. The number of carbonyl (C=O) groups is 1. The topological polar surface area (TPSA) is 127 Å². The van der Waals surface area contributed by atoms with Gasteiger partial charge in [0, 0.05) is 31.9 Å². The van der Waals surface area contributed by atoms with E-state index in [0.717, 1.165) is 9.13 Å². The van der Waals surface area contributed by atoms with Crippen molar-refractivity contribution in [3.05, 3.63) is 38.5 Å². The van der Waals surface area contributed by atoms with E-state index in [1.54, 1.807) is 19.1 Å². The van der Waals surface area contributed by atoms with E-state index < -0.39 is 23.1 Å². The molecule has 0 spiro atoms. The van der Waals surface area contributed by atoms with Gasteiger partial charge in [0.15, 0.2) is 17.3 Å². The van der Waals surface area contributed by atoms with Gasteiger partial charge in [0.1, 0.15) is 11.4 Å². The number of ketones is 1. The van der Waals surface area contributed by atoms with Crippen molar-refractivity contribution in [2.45, 2.75) is 13.0 Å². The van der Waals surface area contributed by atoms with E-state index in [-0.39, 0.29) is 11.4 Å². The molecule has 0 aliphatic heterocycles. The number of nitrogen functional groups attached to an aromatic ring is 1. The highest BCUT2D eigenvalue weighted by Gasteiger charge is 2.25. The maximum Gasteiger partial charge on any atom is 0.332 e. The highest BCUT2D eigenvalue weighted by atomic mass is 16.5. The summed E-state index contributed by atoms with van der Waals surface area (Å²) >= 11 is 0. The van der Waals surface area contributed by atoms with Gasteiger partial charge in [-0.05, 0) is 6.92 Å². The van der Waals surface area contributed by atoms with Gasteiger partial charge in [0.05, 0.1) is 27.4 Å². The minimum Gasteiger partial charge on any atom is -0.493 e. The van der Waals surface area contributed by atoms with Gasteiger partial charge in [-0.2, -0.15) is 0 Å². The number of rotatable bonds is 7. The summed E-state index contributed by atoms with van der Waals surface area (Å²) in [5.41, 5.74) is 4.76. The number of benzene rings is 1. The maximum atomic E-state index is 12.9. The number of nitrogens with one attached hydrogen (secondary N) is 1. The molecule has 0 saturated heterocycles. The Kier molecular flexibility index (Phi) is 6.02. The number of anilines is 2.